The fourth-order valence-electron chi connectivity index (χ4n) is 4.71. The molecule has 0 fully saturated rings. The predicted molar refractivity (Wildman–Crippen MR) is 200 cm³/mol. The molecule has 4 nitrogen and oxygen atoms in total. The molecule has 44 heavy (non-hydrogen) atoms. The average molecular weight is 591 g/mol. The summed E-state index contributed by atoms with van der Waals surface area (Å²) in [6.45, 7) is 18.5. The van der Waals surface area contributed by atoms with E-state index in [0.29, 0.717) is 0 Å². The van der Waals surface area contributed by atoms with Crippen LogP contribution >= 0.6 is 0 Å². The number of rotatable bonds is 19. The minimum atomic E-state index is 0.807. The second-order valence-corrected chi connectivity index (χ2v) is 10.3. The van der Waals surface area contributed by atoms with Crippen molar-refractivity contribution in [2.75, 3.05) is 49.1 Å². The lowest BCUT2D eigenvalue weighted by Gasteiger charge is -2.20. The predicted octanol–water partition coefficient (Wildman–Crippen LogP) is 10.0. The van der Waals surface area contributed by atoms with Crippen LogP contribution in [0.15, 0.2) is 118 Å². The van der Waals surface area contributed by atoms with Crippen molar-refractivity contribution in [2.45, 2.75) is 54.4 Å². The Bertz CT molecular complexity index is 1190. The van der Waals surface area contributed by atoms with Crippen molar-refractivity contribution < 1.29 is 0 Å². The molecule has 2 aromatic carbocycles. The monoisotopic (exact) mass is 590 g/mol. The molecule has 0 aliphatic rings. The highest BCUT2D eigenvalue weighted by Crippen LogP contribution is 2.17. The van der Waals surface area contributed by atoms with E-state index in [-0.39, 0.29) is 0 Å². The highest BCUT2D eigenvalue weighted by atomic mass is 15.1. The summed E-state index contributed by atoms with van der Waals surface area (Å²) < 4.78 is 0. The van der Waals surface area contributed by atoms with Gasteiger partial charge in [-0.25, -0.2) is 0 Å². The molecule has 0 bridgehead atoms. The summed E-state index contributed by atoms with van der Waals surface area (Å²) in [4.78, 5) is 13.9. The van der Waals surface area contributed by atoms with Gasteiger partial charge in [0.25, 0.3) is 0 Å². The van der Waals surface area contributed by atoms with E-state index in [2.05, 4.69) is 157 Å². The maximum Gasteiger partial charge on any atom is 0.0389 e. The molecule has 2 aromatic rings. The van der Waals surface area contributed by atoms with E-state index < -0.39 is 0 Å². The first-order chi connectivity index (χ1) is 21.6. The first-order valence-corrected chi connectivity index (χ1v) is 16.3. The molecule has 0 atom stereocenters. The van der Waals surface area contributed by atoms with Gasteiger partial charge in [-0.1, -0.05) is 72.9 Å². The minimum absolute atomic E-state index is 0.807. The number of hydrogen-bond acceptors (Lipinski definition) is 4. The lowest BCUT2D eigenvalue weighted by Crippen LogP contribution is -2.21. The van der Waals surface area contributed by atoms with Crippen molar-refractivity contribution in [3.8, 4) is 0 Å². The molecule has 0 saturated carbocycles. The number of hydrogen-bond donors (Lipinski definition) is 0. The van der Waals surface area contributed by atoms with Gasteiger partial charge in [0.1, 0.15) is 0 Å². The van der Waals surface area contributed by atoms with Crippen molar-refractivity contribution in [1.29, 1.82) is 0 Å². The van der Waals surface area contributed by atoms with Crippen molar-refractivity contribution in [3.05, 3.63) is 119 Å². The lowest BCUT2D eigenvalue weighted by atomic mass is 10.1. The van der Waals surface area contributed by atoms with Crippen molar-refractivity contribution >= 4 is 36.0 Å². The Balaban J connectivity index is 1.80. The van der Waals surface area contributed by atoms with Crippen LogP contribution in [0.3, 0.4) is 0 Å². The molecule has 4 heteroatoms. The maximum absolute atomic E-state index is 4.59. The van der Waals surface area contributed by atoms with E-state index in [0.717, 1.165) is 63.3 Å². The van der Waals surface area contributed by atoms with Gasteiger partial charge in [0.15, 0.2) is 0 Å². The zero-order valence-corrected chi connectivity index (χ0v) is 28.0. The summed E-state index contributed by atoms with van der Waals surface area (Å²) in [5.74, 6) is 0. The molecule has 2 rings (SSSR count). The Morgan fingerprint density at radius 3 is 1.23 bits per heavy atom. The maximum atomic E-state index is 4.59. The molecule has 0 amide bonds. The second kappa shape index (κ2) is 22.4. The van der Waals surface area contributed by atoms with Crippen molar-refractivity contribution in [2.24, 2.45) is 9.98 Å². The number of nitrogens with zero attached hydrogens (tertiary/aromatic N) is 4. The van der Waals surface area contributed by atoms with Gasteiger partial charge < -0.3 is 9.80 Å². The van der Waals surface area contributed by atoms with Crippen LogP contribution in [0.5, 0.6) is 0 Å². The zero-order chi connectivity index (χ0) is 31.8. The third-order valence-corrected chi connectivity index (χ3v) is 7.27. The van der Waals surface area contributed by atoms with E-state index in [1.165, 1.54) is 22.5 Å². The van der Waals surface area contributed by atoms with Crippen LogP contribution in [-0.4, -0.2) is 51.7 Å². The first-order valence-electron chi connectivity index (χ1n) is 16.3. The largest absolute Gasteiger partial charge is 0.372 e. The average Bonchev–Trinajstić information content (AvgIpc) is 3.05. The number of anilines is 2. The van der Waals surface area contributed by atoms with E-state index in [9.17, 15) is 0 Å². The fourth-order valence-corrected chi connectivity index (χ4v) is 4.71. The third kappa shape index (κ3) is 13.9. The number of benzene rings is 2. The molecule has 0 saturated heterocycles. The van der Waals surface area contributed by atoms with Crippen molar-refractivity contribution in [3.63, 3.8) is 0 Å². The van der Waals surface area contributed by atoms with Crippen LogP contribution in [-0.2, 0) is 0 Å². The summed E-state index contributed by atoms with van der Waals surface area (Å²) in [5.41, 5.74) is 7.18. The Labute approximate surface area is 268 Å². The first kappa shape index (κ1) is 36.0. The van der Waals surface area contributed by atoms with Crippen LogP contribution in [0.4, 0.5) is 11.4 Å². The lowest BCUT2D eigenvalue weighted by molar-refractivity contribution is 0.760. The normalized spacial score (nSPS) is 13.2. The van der Waals surface area contributed by atoms with E-state index in [4.69, 9.17) is 0 Å². The molecule has 0 aliphatic carbocycles. The van der Waals surface area contributed by atoms with Crippen LogP contribution in [0.1, 0.15) is 65.5 Å². The molecule has 0 radical (unpaired) electrons. The highest BCUT2D eigenvalue weighted by molar-refractivity contribution is 5.76. The number of unbranched alkanes of at least 4 members (excludes halogenated alkanes) is 1. The quantitative estimate of drug-likeness (QED) is 0.0926. The summed E-state index contributed by atoms with van der Waals surface area (Å²) in [6.07, 6.45) is 26.9. The molecule has 0 heterocycles. The second-order valence-electron chi connectivity index (χ2n) is 10.3. The minimum Gasteiger partial charge on any atom is -0.372 e. The van der Waals surface area contributed by atoms with Crippen LogP contribution in [0.2, 0.25) is 0 Å². The van der Waals surface area contributed by atoms with Crippen LogP contribution in [0.25, 0.3) is 12.2 Å². The Morgan fingerprint density at radius 1 is 0.545 bits per heavy atom. The third-order valence-electron chi connectivity index (χ3n) is 7.27. The summed E-state index contributed by atoms with van der Waals surface area (Å²) >= 11 is 0. The molecule has 234 valence electrons. The zero-order valence-electron chi connectivity index (χ0n) is 28.0. The van der Waals surface area contributed by atoms with Crippen LogP contribution < -0.4 is 9.80 Å². The van der Waals surface area contributed by atoms with Gasteiger partial charge in [0, 0.05) is 63.1 Å². The molecular weight excluding hydrogens is 536 g/mol. The summed E-state index contributed by atoms with van der Waals surface area (Å²) in [5, 5.41) is 0. The van der Waals surface area contributed by atoms with Crippen molar-refractivity contribution in [1.82, 2.24) is 0 Å². The Morgan fingerprint density at radius 2 is 0.909 bits per heavy atom. The SMILES string of the molecule is C\C=C/C(/C=C/c1ccc(N(CC)CC)cc1)=C\C=N\CCCC/N=C/C=C(\C=C/C)/C=C/c1ccc(N(CC)CC)cc1. The molecule has 0 N–H and O–H groups in total. The number of allylic oxidation sites excluding steroid dienone is 10. The molecule has 0 unspecified atom stereocenters. The van der Waals surface area contributed by atoms with E-state index in [1.54, 1.807) is 0 Å². The van der Waals surface area contributed by atoms with Gasteiger partial charge in [-0.05, 0) is 113 Å². The van der Waals surface area contributed by atoms with Gasteiger partial charge in [0.05, 0.1) is 0 Å². The molecule has 0 aromatic heterocycles. The van der Waals surface area contributed by atoms with E-state index >= 15 is 0 Å². The smallest absolute Gasteiger partial charge is 0.0389 e. The standard InChI is InChI=1S/C40H54N4/c1-7-15-35(17-19-37-21-25-39(26-22-37)43(9-3)10-4)29-33-41-31-13-14-32-42-34-30-36(16-8-2)18-20-38-23-27-40(28-24-38)44(11-5)12-6/h7-8,15-30,33-34H,9-14,31-32H2,1-6H3/b15-7-,16-8-,19-17+,20-18+,35-29+,36-30+,41-33+,42-34+. The van der Waals surface area contributed by atoms with Gasteiger partial charge in [-0.2, -0.15) is 0 Å². The molecular formula is C40H54N4. The van der Waals surface area contributed by atoms with Gasteiger partial charge >= 0.3 is 0 Å². The topological polar surface area (TPSA) is 31.2 Å². The summed E-state index contributed by atoms with van der Waals surface area (Å²) in [7, 11) is 0. The van der Waals surface area contributed by atoms with Crippen LogP contribution in [0, 0.1) is 0 Å². The van der Waals surface area contributed by atoms with Gasteiger partial charge in [0.2, 0.25) is 0 Å². The highest BCUT2D eigenvalue weighted by Gasteiger charge is 2.01. The van der Waals surface area contributed by atoms with E-state index in [1.807, 2.05) is 26.3 Å². The fraction of sp³-hybridized carbons (Fsp3) is 0.350. The molecule has 0 spiro atoms. The summed E-state index contributed by atoms with van der Waals surface area (Å²) in [6, 6.07) is 17.5. The molecule has 0 aliphatic heterocycles. The Kier molecular flexibility index (Phi) is 18.3. The van der Waals surface area contributed by atoms with Gasteiger partial charge in [-0.15, -0.1) is 0 Å². The van der Waals surface area contributed by atoms with Gasteiger partial charge in [-0.3, -0.25) is 9.98 Å². The number of aliphatic imine (C=N–C) groups is 2. The Hall–Kier alpha value is -4.18.